The molecular formula is C20H24F4N6O3. The van der Waals surface area contributed by atoms with Gasteiger partial charge in [-0.25, -0.2) is 27.0 Å². The minimum atomic E-state index is -2.75. The van der Waals surface area contributed by atoms with Crippen LogP contribution < -0.4 is 10.1 Å². The van der Waals surface area contributed by atoms with Crippen LogP contribution in [-0.4, -0.2) is 69.0 Å². The van der Waals surface area contributed by atoms with Gasteiger partial charge in [-0.15, -0.1) is 0 Å². The molecule has 0 bridgehead atoms. The molecule has 1 aliphatic carbocycles. The Bertz CT molecular complexity index is 978. The summed E-state index contributed by atoms with van der Waals surface area (Å²) < 4.78 is 64.5. The van der Waals surface area contributed by atoms with E-state index in [9.17, 15) is 22.4 Å². The molecule has 13 heteroatoms. The highest BCUT2D eigenvalue weighted by Gasteiger charge is 2.35. The lowest BCUT2D eigenvalue weighted by Crippen LogP contribution is -2.53. The number of likely N-dealkylation sites (tertiary alicyclic amines) is 1. The third kappa shape index (κ3) is 5.45. The van der Waals surface area contributed by atoms with Crippen molar-refractivity contribution in [3.8, 4) is 11.8 Å². The van der Waals surface area contributed by atoms with E-state index in [1.165, 1.54) is 24.3 Å². The highest BCUT2D eigenvalue weighted by Crippen LogP contribution is 2.34. The summed E-state index contributed by atoms with van der Waals surface area (Å²) in [6, 6.07) is 2.24. The highest BCUT2D eigenvalue weighted by molar-refractivity contribution is 5.68. The molecule has 0 spiro atoms. The van der Waals surface area contributed by atoms with Crippen molar-refractivity contribution >= 4 is 11.9 Å². The number of anilines is 1. The predicted octanol–water partition coefficient (Wildman–Crippen LogP) is 3.81. The van der Waals surface area contributed by atoms with Crippen molar-refractivity contribution in [1.82, 2.24) is 24.6 Å². The van der Waals surface area contributed by atoms with Crippen LogP contribution in [0, 0.1) is 0 Å². The largest absolute Gasteiger partial charge is 0.475 e. The molecule has 3 heterocycles. The van der Waals surface area contributed by atoms with Gasteiger partial charge in [-0.3, -0.25) is 0 Å². The molecule has 180 valence electrons. The zero-order valence-electron chi connectivity index (χ0n) is 17.9. The average Bonchev–Trinajstić information content (AvgIpc) is 3.25. The number of aromatic nitrogens is 4. The molecule has 0 radical (unpaired) electrons. The fourth-order valence-corrected chi connectivity index (χ4v) is 3.78. The Morgan fingerprint density at radius 1 is 1.27 bits per heavy atom. The summed E-state index contributed by atoms with van der Waals surface area (Å²) in [4.78, 5) is 21.8. The van der Waals surface area contributed by atoms with Crippen LogP contribution in [0.1, 0.15) is 44.2 Å². The first kappa shape index (κ1) is 23.1. The molecular weight excluding hydrogens is 448 g/mol. The molecule has 1 saturated carbocycles. The van der Waals surface area contributed by atoms with Gasteiger partial charge in [-0.2, -0.15) is 15.1 Å². The molecule has 1 N–H and O–H groups in total. The fraction of sp³-hybridized carbons (Fsp3) is 0.600. The number of nitrogens with one attached hydrogen (secondary N) is 1. The Hall–Kier alpha value is -3.12. The van der Waals surface area contributed by atoms with Crippen molar-refractivity contribution in [1.29, 1.82) is 0 Å². The first-order valence-corrected chi connectivity index (χ1v) is 10.6. The maximum absolute atomic E-state index is 13.5. The lowest BCUT2D eigenvalue weighted by atomic mass is 9.92. The topological polar surface area (TPSA) is 94.4 Å². The van der Waals surface area contributed by atoms with Crippen LogP contribution >= 0.6 is 0 Å². The third-order valence-corrected chi connectivity index (χ3v) is 5.77. The quantitative estimate of drug-likeness (QED) is 0.613. The molecule has 4 rings (SSSR count). The molecule has 1 saturated heterocycles. The van der Waals surface area contributed by atoms with E-state index in [1.54, 1.807) is 0 Å². The summed E-state index contributed by atoms with van der Waals surface area (Å²) in [5, 5.41) is 6.90. The van der Waals surface area contributed by atoms with Crippen LogP contribution in [0.15, 0.2) is 18.3 Å². The maximum Gasteiger partial charge on any atom is 0.409 e. The van der Waals surface area contributed by atoms with E-state index < -0.39 is 24.1 Å². The summed E-state index contributed by atoms with van der Waals surface area (Å²) in [6.07, 6.45) is -1.11. The molecule has 1 unspecified atom stereocenters. The summed E-state index contributed by atoms with van der Waals surface area (Å²) in [5.41, 5.74) is -0.433. The standard InChI is InChI=1S/C20H24F4N6O3/c1-32-19(31)29-8-4-13(29)11-33-16-10-15(25-12-2-6-20(23,24)7-3-12)26-18(27-16)30-9-5-14(28-30)17(21)22/h5,9-10,12-13,17H,2-4,6-8,11H2,1H3,(H,25,26,27). The van der Waals surface area contributed by atoms with Crippen molar-refractivity contribution in [2.75, 3.05) is 25.6 Å². The van der Waals surface area contributed by atoms with E-state index in [0.717, 1.165) is 17.2 Å². The molecule has 2 aromatic heterocycles. The number of hydrogen-bond acceptors (Lipinski definition) is 7. The van der Waals surface area contributed by atoms with Gasteiger partial charge >= 0.3 is 6.09 Å². The molecule has 2 fully saturated rings. The van der Waals surface area contributed by atoms with Gasteiger partial charge in [0.2, 0.25) is 11.8 Å². The normalized spacial score (nSPS) is 20.4. The summed E-state index contributed by atoms with van der Waals surface area (Å²) in [7, 11) is 1.30. The molecule has 0 aromatic carbocycles. The minimum absolute atomic E-state index is 0.0125. The number of methoxy groups -OCH3 is 1. The van der Waals surface area contributed by atoms with Gasteiger partial charge in [0.1, 0.15) is 18.1 Å². The van der Waals surface area contributed by atoms with E-state index >= 15 is 0 Å². The second-order valence-electron chi connectivity index (χ2n) is 8.07. The van der Waals surface area contributed by atoms with E-state index in [1.807, 2.05) is 0 Å². The predicted molar refractivity (Wildman–Crippen MR) is 108 cm³/mol. The Labute approximate surface area is 187 Å². The number of ether oxygens (including phenoxy) is 2. The summed E-state index contributed by atoms with van der Waals surface area (Å²) in [6.45, 7) is 0.695. The first-order chi connectivity index (χ1) is 15.7. The number of hydrogen-bond donors (Lipinski definition) is 1. The zero-order valence-corrected chi connectivity index (χ0v) is 17.9. The van der Waals surface area contributed by atoms with Crippen LogP contribution in [0.2, 0.25) is 0 Å². The van der Waals surface area contributed by atoms with Crippen molar-refractivity contribution in [2.45, 2.75) is 56.5 Å². The van der Waals surface area contributed by atoms with Gasteiger partial charge in [-0.1, -0.05) is 0 Å². The number of alkyl halides is 4. The number of nitrogens with zero attached hydrogens (tertiary/aromatic N) is 5. The number of rotatable bonds is 7. The monoisotopic (exact) mass is 472 g/mol. The van der Waals surface area contributed by atoms with Crippen LogP contribution in [0.3, 0.4) is 0 Å². The molecule has 1 amide bonds. The number of carbonyl (C=O) groups excluding carboxylic acids is 1. The molecule has 33 heavy (non-hydrogen) atoms. The lowest BCUT2D eigenvalue weighted by molar-refractivity contribution is -0.0361. The van der Waals surface area contributed by atoms with Crippen LogP contribution in [0.4, 0.5) is 28.2 Å². The van der Waals surface area contributed by atoms with Gasteiger partial charge in [0.05, 0.1) is 13.2 Å². The van der Waals surface area contributed by atoms with Crippen molar-refractivity contribution in [3.63, 3.8) is 0 Å². The van der Waals surface area contributed by atoms with Crippen molar-refractivity contribution in [2.24, 2.45) is 0 Å². The SMILES string of the molecule is COC(=O)N1CCC1COc1cc(NC2CCC(F)(F)CC2)nc(-n2ccc(C(F)F)n2)n1. The smallest absolute Gasteiger partial charge is 0.409 e. The first-order valence-electron chi connectivity index (χ1n) is 10.6. The van der Waals surface area contributed by atoms with Crippen LogP contribution in [0.5, 0.6) is 5.88 Å². The molecule has 2 aromatic rings. The molecule has 9 nitrogen and oxygen atoms in total. The Balaban J connectivity index is 1.52. The number of carbonyl (C=O) groups is 1. The second kappa shape index (κ2) is 9.40. The van der Waals surface area contributed by atoms with E-state index in [0.29, 0.717) is 12.4 Å². The fourth-order valence-electron chi connectivity index (χ4n) is 3.78. The Morgan fingerprint density at radius 3 is 2.64 bits per heavy atom. The van der Waals surface area contributed by atoms with E-state index in [2.05, 4.69) is 20.4 Å². The molecule has 2 aliphatic rings. The Morgan fingerprint density at radius 2 is 2.03 bits per heavy atom. The van der Waals surface area contributed by atoms with Crippen LogP contribution in [-0.2, 0) is 4.74 Å². The van der Waals surface area contributed by atoms with Gasteiger partial charge in [-0.05, 0) is 25.3 Å². The zero-order chi connectivity index (χ0) is 23.6. The van der Waals surface area contributed by atoms with E-state index in [4.69, 9.17) is 9.47 Å². The summed E-state index contributed by atoms with van der Waals surface area (Å²) >= 11 is 0. The average molecular weight is 472 g/mol. The van der Waals surface area contributed by atoms with Gasteiger partial charge < -0.3 is 19.7 Å². The number of halogens is 4. The van der Waals surface area contributed by atoms with E-state index in [-0.39, 0.29) is 56.2 Å². The van der Waals surface area contributed by atoms with Crippen LogP contribution in [0.25, 0.3) is 5.95 Å². The number of amides is 1. The second-order valence-corrected chi connectivity index (χ2v) is 8.07. The lowest BCUT2D eigenvalue weighted by Gasteiger charge is -2.39. The third-order valence-electron chi connectivity index (χ3n) is 5.77. The molecule has 1 aliphatic heterocycles. The van der Waals surface area contributed by atoms with Crippen molar-refractivity contribution in [3.05, 3.63) is 24.0 Å². The van der Waals surface area contributed by atoms with Crippen molar-refractivity contribution < 1.29 is 31.8 Å². The molecule has 1 atom stereocenters. The summed E-state index contributed by atoms with van der Waals surface area (Å²) in [5.74, 6) is -2.24. The van der Waals surface area contributed by atoms with Gasteiger partial charge in [0, 0.05) is 37.7 Å². The van der Waals surface area contributed by atoms with Gasteiger partial charge in [0.25, 0.3) is 12.4 Å². The Kier molecular flexibility index (Phi) is 6.56. The maximum atomic E-state index is 13.5. The highest BCUT2D eigenvalue weighted by atomic mass is 19.3. The minimum Gasteiger partial charge on any atom is -0.475 e. The van der Waals surface area contributed by atoms with Gasteiger partial charge in [0.15, 0.2) is 0 Å².